The zero-order chi connectivity index (χ0) is 15.4. The zero-order valence-corrected chi connectivity index (χ0v) is 11.6. The standard InChI is InChI=1S/C13H15N5O3/c1-8-9(12(19)20)4-3-5-10(8)16-13(21)14-6-11-15-7-18(2)17-11/h3-5,7H,6H2,1-2H3,(H,19,20)(H2,14,16,21). The molecule has 8 heteroatoms. The Bertz CT molecular complexity index is 680. The van der Waals surface area contributed by atoms with E-state index in [1.54, 1.807) is 26.1 Å². The average Bonchev–Trinajstić information content (AvgIpc) is 2.84. The highest BCUT2D eigenvalue weighted by Gasteiger charge is 2.12. The molecule has 2 amide bonds. The molecule has 0 fully saturated rings. The number of aromatic nitrogens is 3. The van der Waals surface area contributed by atoms with Gasteiger partial charge in [-0.1, -0.05) is 6.07 Å². The van der Waals surface area contributed by atoms with Crippen molar-refractivity contribution >= 4 is 17.7 Å². The number of amides is 2. The van der Waals surface area contributed by atoms with Crippen LogP contribution in [0.2, 0.25) is 0 Å². The molecule has 3 N–H and O–H groups in total. The summed E-state index contributed by atoms with van der Waals surface area (Å²) < 4.78 is 1.54. The van der Waals surface area contributed by atoms with Gasteiger partial charge in [0, 0.05) is 12.7 Å². The number of hydrogen-bond acceptors (Lipinski definition) is 4. The number of carbonyl (C=O) groups excluding carboxylic acids is 1. The lowest BCUT2D eigenvalue weighted by molar-refractivity contribution is 0.0696. The molecule has 0 spiro atoms. The number of carboxylic acids is 1. The number of carbonyl (C=O) groups is 2. The first-order chi connectivity index (χ1) is 9.97. The lowest BCUT2D eigenvalue weighted by atomic mass is 10.1. The molecule has 1 heterocycles. The lowest BCUT2D eigenvalue weighted by Gasteiger charge is -2.10. The molecule has 0 unspecified atom stereocenters. The minimum Gasteiger partial charge on any atom is -0.478 e. The minimum absolute atomic E-state index is 0.152. The highest BCUT2D eigenvalue weighted by Crippen LogP contribution is 2.18. The van der Waals surface area contributed by atoms with Crippen LogP contribution < -0.4 is 10.6 Å². The summed E-state index contributed by atoms with van der Waals surface area (Å²) in [7, 11) is 1.73. The van der Waals surface area contributed by atoms with Crippen LogP contribution >= 0.6 is 0 Å². The number of aryl methyl sites for hydroxylation is 1. The molecule has 0 bridgehead atoms. The number of nitrogens with zero attached hydrogens (tertiary/aromatic N) is 3. The summed E-state index contributed by atoms with van der Waals surface area (Å²) in [5.41, 5.74) is 1.09. The van der Waals surface area contributed by atoms with E-state index in [1.807, 2.05) is 0 Å². The second kappa shape index (κ2) is 6.04. The van der Waals surface area contributed by atoms with Gasteiger partial charge < -0.3 is 15.7 Å². The van der Waals surface area contributed by atoms with Crippen molar-refractivity contribution in [2.75, 3.05) is 5.32 Å². The van der Waals surface area contributed by atoms with Gasteiger partial charge in [-0.2, -0.15) is 5.10 Å². The molecule has 21 heavy (non-hydrogen) atoms. The SMILES string of the molecule is Cc1c(NC(=O)NCc2ncn(C)n2)cccc1C(=O)O. The van der Waals surface area contributed by atoms with Gasteiger partial charge in [0.15, 0.2) is 5.82 Å². The smallest absolute Gasteiger partial charge is 0.336 e. The number of carboxylic acid groups (broad SMARTS) is 1. The fraction of sp³-hybridized carbons (Fsp3) is 0.231. The van der Waals surface area contributed by atoms with Crippen molar-refractivity contribution in [1.82, 2.24) is 20.1 Å². The lowest BCUT2D eigenvalue weighted by Crippen LogP contribution is -2.29. The van der Waals surface area contributed by atoms with Crippen molar-refractivity contribution in [2.45, 2.75) is 13.5 Å². The van der Waals surface area contributed by atoms with Gasteiger partial charge in [0.1, 0.15) is 6.33 Å². The first kappa shape index (κ1) is 14.5. The van der Waals surface area contributed by atoms with E-state index in [1.165, 1.54) is 17.1 Å². The summed E-state index contributed by atoms with van der Waals surface area (Å²) in [6.07, 6.45) is 1.54. The van der Waals surface area contributed by atoms with Gasteiger partial charge in [-0.05, 0) is 24.6 Å². The van der Waals surface area contributed by atoms with Crippen molar-refractivity contribution in [3.8, 4) is 0 Å². The van der Waals surface area contributed by atoms with Crippen molar-refractivity contribution in [3.05, 3.63) is 41.5 Å². The maximum atomic E-state index is 11.8. The van der Waals surface area contributed by atoms with Crippen molar-refractivity contribution in [1.29, 1.82) is 0 Å². The van der Waals surface area contributed by atoms with Crippen LogP contribution in [0.1, 0.15) is 21.7 Å². The molecule has 2 aromatic rings. The third-order valence-corrected chi connectivity index (χ3v) is 2.87. The number of aromatic carboxylic acids is 1. The summed E-state index contributed by atoms with van der Waals surface area (Å²) in [5.74, 6) is -0.544. The number of anilines is 1. The molecule has 0 saturated heterocycles. The molecule has 0 radical (unpaired) electrons. The Morgan fingerprint density at radius 2 is 2.14 bits per heavy atom. The Kier molecular flexibility index (Phi) is 4.17. The number of benzene rings is 1. The molecule has 0 aliphatic rings. The van der Waals surface area contributed by atoms with E-state index in [0.717, 1.165) is 0 Å². The maximum absolute atomic E-state index is 11.8. The van der Waals surface area contributed by atoms with Crippen molar-refractivity contribution in [3.63, 3.8) is 0 Å². The van der Waals surface area contributed by atoms with Crippen LogP contribution in [0.4, 0.5) is 10.5 Å². The average molecular weight is 289 g/mol. The number of hydrogen-bond donors (Lipinski definition) is 3. The van der Waals surface area contributed by atoms with Gasteiger partial charge >= 0.3 is 12.0 Å². The van der Waals surface area contributed by atoms with E-state index < -0.39 is 12.0 Å². The fourth-order valence-electron chi connectivity index (χ4n) is 1.79. The molecule has 0 saturated carbocycles. The second-order valence-corrected chi connectivity index (χ2v) is 4.43. The summed E-state index contributed by atoms with van der Waals surface area (Å²) in [6, 6.07) is 4.25. The van der Waals surface area contributed by atoms with E-state index in [-0.39, 0.29) is 12.1 Å². The van der Waals surface area contributed by atoms with Gasteiger partial charge in [-0.15, -0.1) is 0 Å². The van der Waals surface area contributed by atoms with Crippen LogP contribution in [0, 0.1) is 6.92 Å². The number of urea groups is 1. The van der Waals surface area contributed by atoms with E-state index in [9.17, 15) is 9.59 Å². The van der Waals surface area contributed by atoms with E-state index in [2.05, 4.69) is 20.7 Å². The third-order valence-electron chi connectivity index (χ3n) is 2.87. The second-order valence-electron chi connectivity index (χ2n) is 4.43. The Hall–Kier alpha value is -2.90. The third kappa shape index (κ3) is 3.56. The van der Waals surface area contributed by atoms with Gasteiger partial charge in [0.2, 0.25) is 0 Å². The summed E-state index contributed by atoms with van der Waals surface area (Å²) >= 11 is 0. The van der Waals surface area contributed by atoms with E-state index in [0.29, 0.717) is 17.1 Å². The van der Waals surface area contributed by atoms with Gasteiger partial charge in [0.05, 0.1) is 12.1 Å². The zero-order valence-electron chi connectivity index (χ0n) is 11.6. The first-order valence-electron chi connectivity index (χ1n) is 6.19. The topological polar surface area (TPSA) is 109 Å². The quantitative estimate of drug-likeness (QED) is 0.782. The van der Waals surface area contributed by atoms with Crippen LogP contribution in [0.3, 0.4) is 0 Å². The summed E-state index contributed by atoms with van der Waals surface area (Å²) in [5, 5.41) is 18.3. The Balaban J connectivity index is 1.99. The molecule has 8 nitrogen and oxygen atoms in total. The largest absolute Gasteiger partial charge is 0.478 e. The molecule has 0 aliphatic heterocycles. The molecule has 1 aromatic carbocycles. The van der Waals surface area contributed by atoms with Crippen LogP contribution in [0.15, 0.2) is 24.5 Å². The fourth-order valence-corrected chi connectivity index (χ4v) is 1.79. The van der Waals surface area contributed by atoms with E-state index >= 15 is 0 Å². The Labute approximate surface area is 120 Å². The molecule has 0 atom stereocenters. The molecule has 1 aromatic heterocycles. The van der Waals surface area contributed by atoms with Crippen molar-refractivity contribution < 1.29 is 14.7 Å². The predicted molar refractivity (Wildman–Crippen MR) is 75.0 cm³/mol. The van der Waals surface area contributed by atoms with Crippen molar-refractivity contribution in [2.24, 2.45) is 7.05 Å². The molecular formula is C13H15N5O3. The highest BCUT2D eigenvalue weighted by molar-refractivity contribution is 5.95. The molecule has 110 valence electrons. The first-order valence-corrected chi connectivity index (χ1v) is 6.19. The van der Waals surface area contributed by atoms with Gasteiger partial charge in [0.25, 0.3) is 0 Å². The van der Waals surface area contributed by atoms with E-state index in [4.69, 9.17) is 5.11 Å². The maximum Gasteiger partial charge on any atom is 0.336 e. The minimum atomic E-state index is -1.03. The molecule has 0 aliphatic carbocycles. The molecular weight excluding hydrogens is 274 g/mol. The van der Waals surface area contributed by atoms with Gasteiger partial charge in [-0.3, -0.25) is 4.68 Å². The highest BCUT2D eigenvalue weighted by atomic mass is 16.4. The number of rotatable bonds is 4. The Morgan fingerprint density at radius 1 is 1.38 bits per heavy atom. The summed E-state index contributed by atoms with van der Waals surface area (Å²) in [4.78, 5) is 26.8. The normalized spacial score (nSPS) is 10.2. The van der Waals surface area contributed by atoms with Crippen LogP contribution in [-0.4, -0.2) is 31.9 Å². The van der Waals surface area contributed by atoms with Crippen LogP contribution in [0.25, 0.3) is 0 Å². The molecule has 2 rings (SSSR count). The van der Waals surface area contributed by atoms with Gasteiger partial charge in [-0.25, -0.2) is 14.6 Å². The predicted octanol–water partition coefficient (Wildman–Crippen LogP) is 1.14. The van der Waals surface area contributed by atoms with Crippen LogP contribution in [-0.2, 0) is 13.6 Å². The van der Waals surface area contributed by atoms with Crippen LogP contribution in [0.5, 0.6) is 0 Å². The monoisotopic (exact) mass is 289 g/mol. The summed E-state index contributed by atoms with van der Waals surface area (Å²) in [6.45, 7) is 1.82. The number of nitrogens with one attached hydrogen (secondary N) is 2. The Morgan fingerprint density at radius 3 is 2.76 bits per heavy atom.